The Morgan fingerprint density at radius 2 is 1.73 bits per heavy atom. The lowest BCUT2D eigenvalue weighted by molar-refractivity contribution is -0.373. The summed E-state index contributed by atoms with van der Waals surface area (Å²) in [6, 6.07) is 6.90. The van der Waals surface area contributed by atoms with E-state index in [-0.39, 0.29) is 16.5 Å². The van der Waals surface area contributed by atoms with Crippen LogP contribution in [0.2, 0.25) is 0 Å². The Kier molecular flexibility index (Phi) is 5.51. The number of rotatable bonds is 5. The molecule has 0 amide bonds. The van der Waals surface area contributed by atoms with E-state index in [1.807, 2.05) is 0 Å². The van der Waals surface area contributed by atoms with Crippen molar-refractivity contribution in [3.05, 3.63) is 57.9 Å². The van der Waals surface area contributed by atoms with E-state index in [0.29, 0.717) is 4.73 Å². The van der Waals surface area contributed by atoms with Crippen molar-refractivity contribution in [1.29, 1.82) is 0 Å². The molecule has 0 aliphatic carbocycles. The van der Waals surface area contributed by atoms with Crippen molar-refractivity contribution in [3.8, 4) is 11.8 Å². The Hall–Kier alpha value is -3.62. The lowest BCUT2D eigenvalue weighted by Crippen LogP contribution is -2.66. The molecule has 33 heavy (non-hydrogen) atoms. The highest BCUT2D eigenvalue weighted by atomic mass is 16.8. The number of nitrogens with zero attached hydrogens (tertiary/aromatic N) is 1. The normalized spacial score (nSPS) is 27.5. The molecule has 1 aromatic carbocycles. The van der Waals surface area contributed by atoms with E-state index < -0.39 is 65.7 Å². The van der Waals surface area contributed by atoms with Crippen molar-refractivity contribution in [3.63, 3.8) is 0 Å². The van der Waals surface area contributed by atoms with E-state index in [4.69, 9.17) is 19.1 Å². The largest absolute Gasteiger partial charge is 0.492 e. The minimum Gasteiger partial charge on any atom is -0.492 e. The highest BCUT2D eigenvalue weighted by Gasteiger charge is 2.58. The Bertz CT molecular complexity index is 1240. The molecule has 1 saturated heterocycles. The van der Waals surface area contributed by atoms with Crippen molar-refractivity contribution in [2.24, 2.45) is 0 Å². The second kappa shape index (κ2) is 8.06. The zero-order valence-electron chi connectivity index (χ0n) is 16.6. The van der Waals surface area contributed by atoms with Crippen LogP contribution in [0.3, 0.4) is 0 Å². The van der Waals surface area contributed by atoms with E-state index in [1.165, 1.54) is 12.1 Å². The fraction of sp³-hybridized carbons (Fsp3) is 0.300. The number of benzene rings is 1. The van der Waals surface area contributed by atoms with Crippen molar-refractivity contribution >= 4 is 16.9 Å². The Morgan fingerprint density at radius 3 is 2.33 bits per heavy atom. The summed E-state index contributed by atoms with van der Waals surface area (Å²) in [5, 5.41) is 70.3. The molecule has 13 heteroatoms. The summed E-state index contributed by atoms with van der Waals surface area (Å²) >= 11 is 0. The molecule has 1 aliphatic heterocycles. The van der Waals surface area contributed by atoms with Crippen LogP contribution in [0.25, 0.3) is 11.0 Å². The molecular formula is C20H19NO12. The first-order chi connectivity index (χ1) is 15.6. The average Bonchev–Trinajstić information content (AvgIpc) is 3.10. The quantitative estimate of drug-likeness (QED) is 0.214. The summed E-state index contributed by atoms with van der Waals surface area (Å²) in [5.74, 6) is -5.20. The van der Waals surface area contributed by atoms with E-state index in [0.717, 1.165) is 24.3 Å². The van der Waals surface area contributed by atoms with Crippen LogP contribution in [-0.4, -0.2) is 77.5 Å². The average molecular weight is 465 g/mol. The lowest BCUT2D eigenvalue weighted by atomic mass is 9.88. The van der Waals surface area contributed by atoms with Gasteiger partial charge in [-0.1, -0.05) is 12.1 Å². The zero-order valence-corrected chi connectivity index (χ0v) is 16.6. The molecule has 5 atom stereocenters. The predicted octanol–water partition coefficient (Wildman–Crippen LogP) is -1.54. The van der Waals surface area contributed by atoms with Gasteiger partial charge in [0.1, 0.15) is 29.5 Å². The number of fused-ring (bicyclic) bond motifs is 1. The Morgan fingerprint density at radius 1 is 1.06 bits per heavy atom. The van der Waals surface area contributed by atoms with Gasteiger partial charge in [0, 0.05) is 23.1 Å². The van der Waals surface area contributed by atoms with Gasteiger partial charge in [0.15, 0.2) is 6.10 Å². The summed E-state index contributed by atoms with van der Waals surface area (Å²) in [6.45, 7) is -0.815. The number of aliphatic hydroxyl groups excluding tert-OH is 4. The van der Waals surface area contributed by atoms with Crippen molar-refractivity contribution in [2.45, 2.75) is 30.2 Å². The molecule has 0 unspecified atom stereocenters. The molecular weight excluding hydrogens is 446 g/mol. The number of carboxylic acids is 1. The molecule has 1 fully saturated rings. The molecule has 3 aromatic rings. The molecule has 176 valence electrons. The van der Waals surface area contributed by atoms with Crippen LogP contribution >= 0.6 is 0 Å². The third-order valence-electron chi connectivity index (χ3n) is 5.34. The Labute approximate surface area is 183 Å². The first-order valence-electron chi connectivity index (χ1n) is 9.52. The minimum atomic E-state index is -2.46. The van der Waals surface area contributed by atoms with E-state index in [1.54, 1.807) is 0 Å². The van der Waals surface area contributed by atoms with Gasteiger partial charge in [0.2, 0.25) is 11.8 Å². The van der Waals surface area contributed by atoms with Gasteiger partial charge in [-0.05, 0) is 12.1 Å². The van der Waals surface area contributed by atoms with Gasteiger partial charge in [-0.15, -0.1) is 4.73 Å². The molecule has 4 rings (SSSR count). The van der Waals surface area contributed by atoms with E-state index in [9.17, 15) is 40.2 Å². The van der Waals surface area contributed by atoms with Crippen LogP contribution < -0.4 is 10.5 Å². The third kappa shape index (κ3) is 3.57. The molecule has 0 bridgehead atoms. The zero-order chi connectivity index (χ0) is 24.1. The maximum atomic E-state index is 12.0. The van der Waals surface area contributed by atoms with Gasteiger partial charge in [-0.2, -0.15) is 0 Å². The Balaban J connectivity index is 1.93. The molecule has 13 nitrogen and oxygen atoms in total. The summed E-state index contributed by atoms with van der Waals surface area (Å²) in [6.07, 6.45) is -7.20. The monoisotopic (exact) mass is 465 g/mol. The van der Waals surface area contributed by atoms with Gasteiger partial charge in [-0.3, -0.25) is 0 Å². The van der Waals surface area contributed by atoms with Gasteiger partial charge in [0.05, 0.1) is 6.61 Å². The first-order valence-corrected chi connectivity index (χ1v) is 9.52. The maximum Gasteiger partial charge on any atom is 0.351 e. The number of carbonyl (C=O) groups is 1. The summed E-state index contributed by atoms with van der Waals surface area (Å²) < 4.78 is 11.2. The van der Waals surface area contributed by atoms with Crippen LogP contribution in [0.4, 0.5) is 0 Å². The molecule has 2 aromatic heterocycles. The number of aromatic hydroxyl groups is 2. The SMILES string of the molecule is O=C(O)c1cc2ccc([C@@]3(On4c(O)ccc4O)O[C@H](CO)[C@H](O)[C@H](O)[C@H]3O)cc2oc1=O. The lowest BCUT2D eigenvalue weighted by Gasteiger charge is -2.47. The van der Waals surface area contributed by atoms with E-state index in [2.05, 4.69) is 0 Å². The van der Waals surface area contributed by atoms with Crippen molar-refractivity contribution in [1.82, 2.24) is 4.73 Å². The second-order valence-electron chi connectivity index (χ2n) is 7.37. The van der Waals surface area contributed by atoms with Gasteiger partial charge < -0.3 is 49.7 Å². The summed E-state index contributed by atoms with van der Waals surface area (Å²) in [4.78, 5) is 28.8. The number of hydrogen-bond acceptors (Lipinski definition) is 11. The second-order valence-corrected chi connectivity index (χ2v) is 7.37. The fourth-order valence-corrected chi connectivity index (χ4v) is 3.62. The number of aromatic carboxylic acids is 1. The van der Waals surface area contributed by atoms with Gasteiger partial charge in [0.25, 0.3) is 5.79 Å². The molecule has 7 N–H and O–H groups in total. The summed E-state index contributed by atoms with van der Waals surface area (Å²) in [7, 11) is 0. The number of carboxylic acid groups (broad SMARTS) is 1. The molecule has 3 heterocycles. The number of aliphatic hydroxyl groups is 4. The number of ether oxygens (including phenoxy) is 1. The van der Waals surface area contributed by atoms with Crippen LogP contribution in [0.15, 0.2) is 45.6 Å². The fourth-order valence-electron chi connectivity index (χ4n) is 3.62. The molecule has 1 aliphatic rings. The molecule has 0 saturated carbocycles. The van der Waals surface area contributed by atoms with Crippen LogP contribution in [0.5, 0.6) is 11.8 Å². The smallest absolute Gasteiger partial charge is 0.351 e. The molecule has 0 spiro atoms. The highest BCUT2D eigenvalue weighted by Crippen LogP contribution is 2.40. The number of aromatic nitrogens is 1. The highest BCUT2D eigenvalue weighted by molar-refractivity contribution is 5.91. The van der Waals surface area contributed by atoms with Crippen molar-refractivity contribution < 1.29 is 54.5 Å². The van der Waals surface area contributed by atoms with Crippen LogP contribution in [-0.2, 0) is 10.5 Å². The van der Waals surface area contributed by atoms with Crippen molar-refractivity contribution in [2.75, 3.05) is 6.61 Å². The first kappa shape index (κ1) is 22.6. The predicted molar refractivity (Wildman–Crippen MR) is 105 cm³/mol. The van der Waals surface area contributed by atoms with Crippen LogP contribution in [0.1, 0.15) is 15.9 Å². The van der Waals surface area contributed by atoms with Gasteiger partial charge in [-0.25, -0.2) is 9.59 Å². The van der Waals surface area contributed by atoms with Gasteiger partial charge >= 0.3 is 11.6 Å². The molecule has 0 radical (unpaired) electrons. The standard InChI is InChI=1S/C20H19NO12/c22-7-12-15(25)16(26)17(27)20(32-12,33-21-13(23)3-4-14(21)24)9-2-1-8-5-10(18(28)29)19(30)31-11(8)6-9/h1-6,12,15-17,22-27H,7H2,(H,28,29)/t12-,15+,16+,17-,20+/m1/s1. The van der Waals surface area contributed by atoms with E-state index >= 15 is 0 Å². The topological polar surface area (TPSA) is 212 Å². The number of hydrogen-bond donors (Lipinski definition) is 7. The third-order valence-corrected chi connectivity index (χ3v) is 5.34. The summed E-state index contributed by atoms with van der Waals surface area (Å²) in [5.41, 5.74) is -2.05. The maximum absolute atomic E-state index is 12.0. The minimum absolute atomic E-state index is 0.134. The van der Waals surface area contributed by atoms with Crippen LogP contribution in [0, 0.1) is 0 Å².